The van der Waals surface area contributed by atoms with Crippen molar-refractivity contribution in [3.05, 3.63) is 59.8 Å². The normalized spacial score (nSPS) is 17.5. The number of oxime groups is 1. The number of carboxylic acids is 1. The van der Waals surface area contributed by atoms with Crippen LogP contribution in [0, 0.1) is 0 Å². The highest BCUT2D eigenvalue weighted by atomic mass is 32.2. The van der Waals surface area contributed by atoms with Crippen molar-refractivity contribution in [2.45, 2.75) is 63.1 Å². The van der Waals surface area contributed by atoms with Gasteiger partial charge in [-0.25, -0.2) is 8.42 Å². The van der Waals surface area contributed by atoms with Gasteiger partial charge in [0.2, 0.25) is 0 Å². The highest BCUT2D eigenvalue weighted by Gasteiger charge is 2.40. The van der Waals surface area contributed by atoms with E-state index in [9.17, 15) is 27.9 Å². The Morgan fingerprint density at radius 3 is 2.38 bits per heavy atom. The van der Waals surface area contributed by atoms with Crippen LogP contribution in [0.4, 0.5) is 13.2 Å². The maximum absolute atomic E-state index is 12.8. The van der Waals surface area contributed by atoms with Crippen LogP contribution >= 0.6 is 0 Å². The summed E-state index contributed by atoms with van der Waals surface area (Å²) in [5.74, 6) is -0.521. The quantitative estimate of drug-likeness (QED) is 0.207. The Hall–Kier alpha value is -3.56. The van der Waals surface area contributed by atoms with Gasteiger partial charge in [0, 0.05) is 24.6 Å². The highest BCUT2D eigenvalue weighted by molar-refractivity contribution is 7.86. The van der Waals surface area contributed by atoms with Crippen molar-refractivity contribution in [1.29, 1.82) is 0 Å². The lowest BCUT2D eigenvalue weighted by Crippen LogP contribution is -2.49. The van der Waals surface area contributed by atoms with Crippen LogP contribution in [-0.4, -0.2) is 65.8 Å². The number of nitrogens with one attached hydrogen (secondary N) is 1. The van der Waals surface area contributed by atoms with Crippen molar-refractivity contribution in [1.82, 2.24) is 5.32 Å². The monoisotopic (exact) mass is 617 g/mol. The van der Waals surface area contributed by atoms with E-state index in [0.29, 0.717) is 31.2 Å². The molecule has 2 atom stereocenters. The smallest absolute Gasteiger partial charge is 0.485 e. The van der Waals surface area contributed by atoms with Gasteiger partial charge >= 0.3 is 17.4 Å². The molecule has 0 bridgehead atoms. The molecule has 0 saturated carbocycles. The number of carbonyl (C=O) groups excluding carboxylic acids is 1. The molecule has 1 aromatic carbocycles. The number of rotatable bonds is 12. The fourth-order valence-electron chi connectivity index (χ4n) is 4.03. The Bertz CT molecular complexity index is 1380. The van der Waals surface area contributed by atoms with Crippen LogP contribution in [0.25, 0.3) is 0 Å². The molecular weight excluding hydrogens is 583 g/mol. The van der Waals surface area contributed by atoms with E-state index in [1.807, 2.05) is 50.5 Å². The first-order valence-corrected chi connectivity index (χ1v) is 14.3. The summed E-state index contributed by atoms with van der Waals surface area (Å²) in [5, 5.41) is 16.9. The fourth-order valence-corrected chi connectivity index (χ4v) is 4.03. The van der Waals surface area contributed by atoms with Crippen LogP contribution in [0.3, 0.4) is 0 Å². The van der Waals surface area contributed by atoms with E-state index in [-0.39, 0.29) is 18.8 Å². The first-order chi connectivity index (χ1) is 19.5. The number of nitrogens with zero attached hydrogens (tertiary/aromatic N) is 2. The third-order valence-corrected chi connectivity index (χ3v) is 7.04. The van der Waals surface area contributed by atoms with E-state index in [1.165, 1.54) is 5.56 Å². The SMILES string of the molecule is CCC1(CN[C@@H](CC(=O)O)C(=O)COc2cccc[n+]2C)CC(c2ccccc2C(C)C)=NO1.O=S(=O)([O-])C(F)(F)F. The second kappa shape index (κ2) is 14.6. The standard InChI is InChI=1S/C26H33N3O5.CHF3O3S/c1-5-26(15-22(28-34-26)20-11-7-6-10-19(20)18(2)3)17-27-21(14-25(31)32)23(30)16-33-24-12-8-9-13-29(24)4;2-1(3,4)8(5,6)7/h6-13,18,21,27H,5,14-17H2,1-4H3;(H,5,6,7)/t21-,26?;/m0./s1. The van der Waals surface area contributed by atoms with E-state index < -0.39 is 33.2 Å². The minimum Gasteiger partial charge on any atom is -0.741 e. The first kappa shape index (κ1) is 34.6. The summed E-state index contributed by atoms with van der Waals surface area (Å²) in [6.07, 6.45) is 2.70. The van der Waals surface area contributed by atoms with Gasteiger partial charge in [0.15, 0.2) is 34.3 Å². The van der Waals surface area contributed by atoms with Crippen molar-refractivity contribution in [3.63, 3.8) is 0 Å². The molecule has 2 aromatic rings. The lowest BCUT2D eigenvalue weighted by molar-refractivity contribution is -0.677. The van der Waals surface area contributed by atoms with E-state index in [1.54, 1.807) is 10.6 Å². The zero-order chi connectivity index (χ0) is 31.7. The van der Waals surface area contributed by atoms with Crippen molar-refractivity contribution in [3.8, 4) is 5.88 Å². The highest BCUT2D eigenvalue weighted by Crippen LogP contribution is 2.32. The molecule has 0 radical (unpaired) electrons. The number of aromatic nitrogens is 1. The van der Waals surface area contributed by atoms with Gasteiger partial charge in [-0.1, -0.05) is 50.2 Å². The zero-order valence-electron chi connectivity index (χ0n) is 23.6. The predicted molar refractivity (Wildman–Crippen MR) is 144 cm³/mol. The molecule has 3 rings (SSSR count). The molecule has 1 aliphatic rings. The molecule has 0 amide bonds. The Balaban J connectivity index is 0.000000675. The summed E-state index contributed by atoms with van der Waals surface area (Å²) in [7, 11) is -4.28. The summed E-state index contributed by atoms with van der Waals surface area (Å²) in [5.41, 5.74) is -3.16. The number of pyridine rings is 1. The van der Waals surface area contributed by atoms with E-state index in [0.717, 1.165) is 11.3 Å². The molecule has 15 heteroatoms. The van der Waals surface area contributed by atoms with Crippen molar-refractivity contribution >= 4 is 27.6 Å². The number of hydrogen-bond donors (Lipinski definition) is 2. The molecule has 2 N–H and O–H groups in total. The van der Waals surface area contributed by atoms with Gasteiger partial charge in [0.05, 0.1) is 24.2 Å². The van der Waals surface area contributed by atoms with Gasteiger partial charge < -0.3 is 24.6 Å². The number of carbonyl (C=O) groups is 2. The molecule has 42 heavy (non-hydrogen) atoms. The number of ketones is 1. The minimum atomic E-state index is -6.09. The second-order valence-electron chi connectivity index (χ2n) is 9.92. The topological polar surface area (TPSA) is 158 Å². The molecule has 0 fully saturated rings. The summed E-state index contributed by atoms with van der Waals surface area (Å²) < 4.78 is 66.3. The number of ether oxygens (including phenoxy) is 1. The summed E-state index contributed by atoms with van der Waals surface area (Å²) in [4.78, 5) is 30.2. The summed E-state index contributed by atoms with van der Waals surface area (Å²) in [6, 6.07) is 12.7. The molecule has 0 saturated heterocycles. The number of halogens is 3. The van der Waals surface area contributed by atoms with Crippen LogP contribution in [-0.2, 0) is 31.6 Å². The van der Waals surface area contributed by atoms with E-state index >= 15 is 0 Å². The molecular formula is C27H34F3N3O8S. The zero-order valence-corrected chi connectivity index (χ0v) is 24.4. The molecule has 0 aliphatic carbocycles. The van der Waals surface area contributed by atoms with E-state index in [4.69, 9.17) is 22.5 Å². The Labute approximate surface area is 242 Å². The number of aryl methyl sites for hydroxylation is 1. The van der Waals surface area contributed by atoms with Gasteiger partial charge in [0.25, 0.3) is 0 Å². The maximum atomic E-state index is 12.8. The number of Topliss-reactive ketones (excluding diaryl/α,β-unsaturated/α-hetero) is 1. The first-order valence-electron chi connectivity index (χ1n) is 12.9. The molecule has 1 aromatic heterocycles. The van der Waals surface area contributed by atoms with Gasteiger partial charge in [-0.05, 0) is 24.0 Å². The number of hydrogen-bond acceptors (Lipinski definition) is 9. The van der Waals surface area contributed by atoms with E-state index in [2.05, 4.69) is 30.4 Å². The minimum absolute atomic E-state index is 0.230. The lowest BCUT2D eigenvalue weighted by atomic mass is 9.87. The predicted octanol–water partition coefficient (Wildman–Crippen LogP) is 3.04. The average molecular weight is 618 g/mol. The van der Waals surface area contributed by atoms with Crippen molar-refractivity contribution in [2.75, 3.05) is 13.2 Å². The third kappa shape index (κ3) is 9.77. The summed E-state index contributed by atoms with van der Waals surface area (Å²) >= 11 is 0. The Kier molecular flexibility index (Phi) is 12.0. The number of benzene rings is 1. The molecule has 232 valence electrons. The number of alkyl halides is 3. The fraction of sp³-hybridized carbons (Fsp3) is 0.481. The Morgan fingerprint density at radius 2 is 1.83 bits per heavy atom. The number of aliphatic carboxylic acids is 1. The van der Waals surface area contributed by atoms with Crippen LogP contribution in [0.15, 0.2) is 53.8 Å². The van der Waals surface area contributed by atoms with Crippen molar-refractivity contribution in [2.24, 2.45) is 12.2 Å². The second-order valence-corrected chi connectivity index (χ2v) is 11.3. The number of carboxylic acid groups (broad SMARTS) is 1. The van der Waals surface area contributed by atoms with Gasteiger partial charge in [-0.3, -0.25) is 9.59 Å². The van der Waals surface area contributed by atoms with Gasteiger partial charge in [-0.15, -0.1) is 0 Å². The maximum Gasteiger partial charge on any atom is 0.485 e. The largest absolute Gasteiger partial charge is 0.741 e. The molecule has 11 nitrogen and oxygen atoms in total. The lowest BCUT2D eigenvalue weighted by Gasteiger charge is -2.28. The van der Waals surface area contributed by atoms with Crippen molar-refractivity contribution < 1.29 is 55.0 Å². The molecule has 1 aliphatic heterocycles. The molecule has 1 unspecified atom stereocenters. The van der Waals surface area contributed by atoms with Crippen LogP contribution in [0.1, 0.15) is 57.1 Å². The molecule has 2 heterocycles. The van der Waals surface area contributed by atoms with Crippen LogP contribution < -0.4 is 14.6 Å². The van der Waals surface area contributed by atoms with Gasteiger partial charge in [-0.2, -0.15) is 17.7 Å². The third-order valence-electron chi connectivity index (χ3n) is 6.47. The van der Waals surface area contributed by atoms with Gasteiger partial charge in [0.1, 0.15) is 7.05 Å². The van der Waals surface area contributed by atoms with Crippen LogP contribution in [0.5, 0.6) is 5.88 Å². The average Bonchev–Trinajstić information content (AvgIpc) is 3.34. The van der Waals surface area contributed by atoms with Crippen LogP contribution in [0.2, 0.25) is 0 Å². The Morgan fingerprint density at radius 1 is 1.21 bits per heavy atom. The summed E-state index contributed by atoms with van der Waals surface area (Å²) in [6.45, 7) is 6.35. The molecule has 0 spiro atoms.